The highest BCUT2D eigenvalue weighted by Gasteiger charge is 2.27. The predicted octanol–water partition coefficient (Wildman–Crippen LogP) is 5.73. The first-order valence-corrected chi connectivity index (χ1v) is 11.2. The van der Waals surface area contributed by atoms with Gasteiger partial charge in [-0.15, -0.1) is 0 Å². The van der Waals surface area contributed by atoms with Crippen LogP contribution in [0.4, 0.5) is 0 Å². The third kappa shape index (κ3) is 6.77. The molecule has 0 bridgehead atoms. The average Bonchev–Trinajstić information content (AvgIpc) is 2.70. The van der Waals surface area contributed by atoms with Crippen molar-refractivity contribution in [3.8, 4) is 5.75 Å². The van der Waals surface area contributed by atoms with Crippen LogP contribution in [-0.2, 0) is 16.1 Å². The van der Waals surface area contributed by atoms with Crippen LogP contribution in [0.2, 0.25) is 15.1 Å². The Kier molecular flexibility index (Phi) is 9.75. The zero-order chi connectivity index (χ0) is 22.3. The molecule has 1 N–H and O–H groups in total. The molecule has 0 saturated carbocycles. The first-order chi connectivity index (χ1) is 14.2. The Balaban J connectivity index is 2.22. The Bertz CT molecular complexity index is 891. The number of carbonyl (C=O) groups is 2. The molecule has 0 saturated heterocycles. The van der Waals surface area contributed by atoms with Gasteiger partial charge in [-0.05, 0) is 43.7 Å². The molecule has 5 nitrogen and oxygen atoms in total. The number of hydrogen-bond donors (Lipinski definition) is 1. The minimum absolute atomic E-state index is 0.0650. The Morgan fingerprint density at radius 3 is 2.40 bits per heavy atom. The highest BCUT2D eigenvalue weighted by molar-refractivity contribution is 9.10. The molecule has 2 amide bonds. The number of amides is 2. The van der Waals surface area contributed by atoms with E-state index in [2.05, 4.69) is 21.2 Å². The van der Waals surface area contributed by atoms with E-state index in [1.807, 2.05) is 6.92 Å². The number of nitrogens with one attached hydrogen (secondary N) is 1. The zero-order valence-electron chi connectivity index (χ0n) is 16.6. The van der Waals surface area contributed by atoms with Crippen molar-refractivity contribution in [2.75, 3.05) is 13.2 Å². The Labute approximate surface area is 199 Å². The van der Waals surface area contributed by atoms with Gasteiger partial charge in [-0.2, -0.15) is 0 Å². The smallest absolute Gasteiger partial charge is 0.261 e. The number of hydrogen-bond acceptors (Lipinski definition) is 3. The van der Waals surface area contributed by atoms with Gasteiger partial charge in [0.2, 0.25) is 5.91 Å². The van der Waals surface area contributed by atoms with Crippen molar-refractivity contribution < 1.29 is 14.3 Å². The number of rotatable bonds is 9. The molecule has 0 aliphatic carbocycles. The van der Waals surface area contributed by atoms with Crippen molar-refractivity contribution in [1.29, 1.82) is 0 Å². The van der Waals surface area contributed by atoms with Crippen LogP contribution in [0, 0.1) is 0 Å². The summed E-state index contributed by atoms with van der Waals surface area (Å²) in [5.74, 6) is -0.300. The fourth-order valence-corrected chi connectivity index (χ4v) is 3.89. The second-order valence-electron chi connectivity index (χ2n) is 6.55. The minimum Gasteiger partial charge on any atom is -0.482 e. The van der Waals surface area contributed by atoms with E-state index in [1.165, 1.54) is 4.90 Å². The first-order valence-electron chi connectivity index (χ1n) is 9.32. The summed E-state index contributed by atoms with van der Waals surface area (Å²) in [5.41, 5.74) is 0.561. The number of halogens is 4. The standard InChI is InChI=1S/C21H22BrCl3N2O3/c1-3-9-26-21(29)13(2)27(11-15-16(23)5-4-6-17(15)24)20(28)12-30-19-8-7-14(22)10-18(19)25/h4-8,10,13H,3,9,11-12H2,1-2H3,(H,26,29)/t13-/m1/s1. The van der Waals surface area contributed by atoms with Crippen LogP contribution in [0.15, 0.2) is 40.9 Å². The summed E-state index contributed by atoms with van der Waals surface area (Å²) < 4.78 is 6.40. The van der Waals surface area contributed by atoms with Crippen LogP contribution in [0.3, 0.4) is 0 Å². The Morgan fingerprint density at radius 1 is 1.13 bits per heavy atom. The van der Waals surface area contributed by atoms with Crippen molar-refractivity contribution in [1.82, 2.24) is 10.2 Å². The van der Waals surface area contributed by atoms with Crippen LogP contribution < -0.4 is 10.1 Å². The summed E-state index contributed by atoms with van der Waals surface area (Å²) in [5, 5.41) is 4.00. The van der Waals surface area contributed by atoms with Crippen molar-refractivity contribution in [2.24, 2.45) is 0 Å². The van der Waals surface area contributed by atoms with Gasteiger partial charge in [-0.1, -0.05) is 63.7 Å². The summed E-state index contributed by atoms with van der Waals surface area (Å²) >= 11 is 22.0. The molecule has 1 atom stereocenters. The maximum Gasteiger partial charge on any atom is 0.261 e. The van der Waals surface area contributed by atoms with Crippen LogP contribution in [0.25, 0.3) is 0 Å². The fourth-order valence-electron chi connectivity index (χ4n) is 2.65. The second-order valence-corrected chi connectivity index (χ2v) is 8.69. The lowest BCUT2D eigenvalue weighted by Gasteiger charge is -2.29. The van der Waals surface area contributed by atoms with Crippen molar-refractivity contribution in [2.45, 2.75) is 32.9 Å². The summed E-state index contributed by atoms with van der Waals surface area (Å²) in [6.07, 6.45) is 0.786. The van der Waals surface area contributed by atoms with Gasteiger partial charge in [-0.25, -0.2) is 0 Å². The predicted molar refractivity (Wildman–Crippen MR) is 124 cm³/mol. The van der Waals surface area contributed by atoms with Crippen molar-refractivity contribution in [3.05, 3.63) is 61.5 Å². The van der Waals surface area contributed by atoms with E-state index in [-0.39, 0.29) is 19.1 Å². The van der Waals surface area contributed by atoms with E-state index < -0.39 is 11.9 Å². The van der Waals surface area contributed by atoms with E-state index in [0.29, 0.717) is 32.9 Å². The number of nitrogens with zero attached hydrogens (tertiary/aromatic N) is 1. The minimum atomic E-state index is -0.750. The van der Waals surface area contributed by atoms with Crippen LogP contribution in [0.1, 0.15) is 25.8 Å². The van der Waals surface area contributed by atoms with Crippen molar-refractivity contribution >= 4 is 62.5 Å². The number of ether oxygens (including phenoxy) is 1. The quantitative estimate of drug-likeness (QED) is 0.445. The maximum absolute atomic E-state index is 13.0. The molecule has 0 aromatic heterocycles. The lowest BCUT2D eigenvalue weighted by atomic mass is 10.1. The summed E-state index contributed by atoms with van der Waals surface area (Å²) in [6, 6.07) is 9.43. The average molecular weight is 537 g/mol. The van der Waals surface area contributed by atoms with Gasteiger partial charge in [-0.3, -0.25) is 9.59 Å². The molecule has 30 heavy (non-hydrogen) atoms. The molecule has 2 aromatic rings. The Hall–Kier alpha value is -1.47. The van der Waals surface area contributed by atoms with Gasteiger partial charge < -0.3 is 15.0 Å². The van der Waals surface area contributed by atoms with E-state index in [0.717, 1.165) is 10.9 Å². The van der Waals surface area contributed by atoms with Crippen LogP contribution in [-0.4, -0.2) is 35.9 Å². The molecule has 0 aliphatic heterocycles. The summed E-state index contributed by atoms with van der Waals surface area (Å²) in [4.78, 5) is 27.0. The third-order valence-corrected chi connectivity index (χ3v) is 5.85. The molecule has 0 fully saturated rings. The Morgan fingerprint density at radius 2 is 1.80 bits per heavy atom. The third-order valence-electron chi connectivity index (χ3n) is 4.35. The van der Waals surface area contributed by atoms with E-state index in [4.69, 9.17) is 39.5 Å². The molecule has 0 radical (unpaired) electrons. The van der Waals surface area contributed by atoms with Gasteiger partial charge in [0.25, 0.3) is 5.91 Å². The number of benzene rings is 2. The van der Waals surface area contributed by atoms with Crippen LogP contribution in [0.5, 0.6) is 5.75 Å². The molecule has 0 aliphatic rings. The first kappa shape index (κ1) is 24.8. The fraction of sp³-hybridized carbons (Fsp3) is 0.333. The SMILES string of the molecule is CCCNC(=O)[C@@H](C)N(Cc1c(Cl)cccc1Cl)C(=O)COc1ccc(Br)cc1Cl. The van der Waals surface area contributed by atoms with E-state index in [9.17, 15) is 9.59 Å². The maximum atomic E-state index is 13.0. The van der Waals surface area contributed by atoms with Gasteiger partial charge in [0.05, 0.1) is 5.02 Å². The topological polar surface area (TPSA) is 58.6 Å². The normalized spacial score (nSPS) is 11.7. The molecule has 0 unspecified atom stereocenters. The molecular weight excluding hydrogens is 515 g/mol. The summed E-state index contributed by atoms with van der Waals surface area (Å²) in [7, 11) is 0. The monoisotopic (exact) mass is 534 g/mol. The molecule has 9 heteroatoms. The molecular formula is C21H22BrCl3N2O3. The highest BCUT2D eigenvalue weighted by atomic mass is 79.9. The van der Waals surface area contributed by atoms with Crippen molar-refractivity contribution in [3.63, 3.8) is 0 Å². The number of carbonyl (C=O) groups excluding carboxylic acids is 2. The van der Waals surface area contributed by atoms with Gasteiger partial charge >= 0.3 is 0 Å². The highest BCUT2D eigenvalue weighted by Crippen LogP contribution is 2.29. The molecule has 2 rings (SSSR count). The zero-order valence-corrected chi connectivity index (χ0v) is 20.4. The van der Waals surface area contributed by atoms with E-state index >= 15 is 0 Å². The lowest BCUT2D eigenvalue weighted by molar-refractivity contribution is -0.142. The molecule has 2 aromatic carbocycles. The second kappa shape index (κ2) is 11.8. The van der Waals surface area contributed by atoms with Gasteiger partial charge in [0.15, 0.2) is 6.61 Å². The largest absolute Gasteiger partial charge is 0.482 e. The molecule has 0 spiro atoms. The van der Waals surface area contributed by atoms with Gasteiger partial charge in [0.1, 0.15) is 11.8 Å². The van der Waals surface area contributed by atoms with E-state index in [1.54, 1.807) is 43.3 Å². The lowest BCUT2D eigenvalue weighted by Crippen LogP contribution is -2.49. The molecule has 0 heterocycles. The van der Waals surface area contributed by atoms with Crippen LogP contribution >= 0.6 is 50.7 Å². The molecule has 162 valence electrons. The summed E-state index contributed by atoms with van der Waals surface area (Å²) in [6.45, 7) is 3.89. The van der Waals surface area contributed by atoms with Gasteiger partial charge in [0, 0.05) is 33.2 Å².